The Labute approximate surface area is 117 Å². The molecule has 104 valence electrons. The Morgan fingerprint density at radius 3 is 2.80 bits per heavy atom. The van der Waals surface area contributed by atoms with E-state index in [2.05, 4.69) is 27.4 Å². The topological polar surface area (TPSA) is 60.0 Å². The largest absolute Gasteiger partial charge is 0.362 e. The average molecular weight is 270 g/mol. The van der Waals surface area contributed by atoms with Crippen molar-refractivity contribution in [3.05, 3.63) is 41.5 Å². The molecule has 20 heavy (non-hydrogen) atoms. The Balaban J connectivity index is 1.98. The molecule has 0 aliphatic heterocycles. The van der Waals surface area contributed by atoms with Crippen LogP contribution in [0, 0.1) is 13.8 Å². The normalized spacial score (nSPS) is 12.8. The third kappa shape index (κ3) is 2.13. The first-order chi connectivity index (χ1) is 9.54. The molecule has 3 aromatic rings. The number of rotatable bonds is 3. The zero-order valence-corrected chi connectivity index (χ0v) is 12.1. The Morgan fingerprint density at radius 2 is 2.10 bits per heavy atom. The van der Waals surface area contributed by atoms with Gasteiger partial charge >= 0.3 is 0 Å². The molecule has 0 aromatic carbocycles. The fourth-order valence-corrected chi connectivity index (χ4v) is 2.26. The fraction of sp³-hybridized carbons (Fsp3) is 0.357. The van der Waals surface area contributed by atoms with Crippen LogP contribution in [0.4, 0.5) is 5.82 Å². The first-order valence-electron chi connectivity index (χ1n) is 6.62. The standard InChI is InChI=1S/C14H18N6/c1-9-8-15-20-13(7-10(2)16-14(9)20)17-11(3)12-5-6-19(4)18-12/h5-8,11,17H,1-4H3. The molecular weight excluding hydrogens is 252 g/mol. The van der Waals surface area contributed by atoms with Gasteiger partial charge in [0.1, 0.15) is 5.82 Å². The van der Waals surface area contributed by atoms with E-state index in [0.29, 0.717) is 0 Å². The minimum Gasteiger partial charge on any atom is -0.362 e. The summed E-state index contributed by atoms with van der Waals surface area (Å²) in [6, 6.07) is 4.11. The summed E-state index contributed by atoms with van der Waals surface area (Å²) in [5, 5.41) is 12.3. The van der Waals surface area contributed by atoms with E-state index in [1.807, 2.05) is 49.9 Å². The zero-order chi connectivity index (χ0) is 14.3. The van der Waals surface area contributed by atoms with Crippen LogP contribution in [0.3, 0.4) is 0 Å². The van der Waals surface area contributed by atoms with E-state index >= 15 is 0 Å². The van der Waals surface area contributed by atoms with Gasteiger partial charge in [-0.05, 0) is 26.8 Å². The van der Waals surface area contributed by atoms with Crippen molar-refractivity contribution in [2.45, 2.75) is 26.8 Å². The van der Waals surface area contributed by atoms with E-state index in [-0.39, 0.29) is 6.04 Å². The van der Waals surface area contributed by atoms with Gasteiger partial charge < -0.3 is 5.32 Å². The fourth-order valence-electron chi connectivity index (χ4n) is 2.26. The number of hydrogen-bond donors (Lipinski definition) is 1. The molecular formula is C14H18N6. The summed E-state index contributed by atoms with van der Waals surface area (Å²) in [6.45, 7) is 6.09. The van der Waals surface area contributed by atoms with Gasteiger partial charge in [0.25, 0.3) is 0 Å². The first kappa shape index (κ1) is 12.7. The van der Waals surface area contributed by atoms with Crippen LogP contribution in [0.5, 0.6) is 0 Å². The third-order valence-corrected chi connectivity index (χ3v) is 3.32. The molecule has 0 bridgehead atoms. The molecule has 1 atom stereocenters. The lowest BCUT2D eigenvalue weighted by atomic mass is 10.2. The maximum atomic E-state index is 4.52. The summed E-state index contributed by atoms with van der Waals surface area (Å²) in [5.41, 5.74) is 3.93. The van der Waals surface area contributed by atoms with Gasteiger partial charge in [0.2, 0.25) is 0 Å². The van der Waals surface area contributed by atoms with E-state index in [1.54, 1.807) is 4.68 Å². The van der Waals surface area contributed by atoms with Gasteiger partial charge in [-0.3, -0.25) is 4.68 Å². The zero-order valence-electron chi connectivity index (χ0n) is 12.1. The highest BCUT2D eigenvalue weighted by Crippen LogP contribution is 2.20. The van der Waals surface area contributed by atoms with Gasteiger partial charge in [0.05, 0.1) is 17.9 Å². The molecule has 3 aromatic heterocycles. The van der Waals surface area contributed by atoms with E-state index in [4.69, 9.17) is 0 Å². The molecule has 6 nitrogen and oxygen atoms in total. The lowest BCUT2D eigenvalue weighted by Crippen LogP contribution is -2.12. The van der Waals surface area contributed by atoms with Crippen LogP contribution in [-0.4, -0.2) is 24.4 Å². The van der Waals surface area contributed by atoms with E-state index < -0.39 is 0 Å². The summed E-state index contributed by atoms with van der Waals surface area (Å²) in [5.74, 6) is 0.929. The number of nitrogens with zero attached hydrogens (tertiary/aromatic N) is 5. The second-order valence-electron chi connectivity index (χ2n) is 5.13. The molecule has 0 amide bonds. The monoisotopic (exact) mass is 270 g/mol. The summed E-state index contributed by atoms with van der Waals surface area (Å²) >= 11 is 0. The summed E-state index contributed by atoms with van der Waals surface area (Å²) in [6.07, 6.45) is 3.78. The number of aromatic nitrogens is 5. The van der Waals surface area contributed by atoms with Crippen LogP contribution in [0.15, 0.2) is 24.5 Å². The Bertz CT molecular complexity index is 754. The Hall–Kier alpha value is -2.37. The maximum absolute atomic E-state index is 4.52. The van der Waals surface area contributed by atoms with Gasteiger partial charge in [-0.1, -0.05) is 0 Å². The van der Waals surface area contributed by atoms with Crippen molar-refractivity contribution in [3.63, 3.8) is 0 Å². The van der Waals surface area contributed by atoms with Gasteiger partial charge in [-0.2, -0.15) is 14.7 Å². The van der Waals surface area contributed by atoms with Crippen LogP contribution < -0.4 is 5.32 Å². The average Bonchev–Trinajstić information content (AvgIpc) is 2.97. The van der Waals surface area contributed by atoms with Gasteiger partial charge in [0.15, 0.2) is 5.65 Å². The third-order valence-electron chi connectivity index (χ3n) is 3.32. The van der Waals surface area contributed by atoms with Gasteiger partial charge in [0, 0.05) is 30.6 Å². The highest BCUT2D eigenvalue weighted by Gasteiger charge is 2.12. The number of nitrogens with one attached hydrogen (secondary N) is 1. The molecule has 0 radical (unpaired) electrons. The summed E-state index contributed by atoms with van der Waals surface area (Å²) < 4.78 is 3.64. The molecule has 0 spiro atoms. The van der Waals surface area contributed by atoms with Crippen LogP contribution >= 0.6 is 0 Å². The molecule has 3 rings (SSSR count). The molecule has 1 unspecified atom stereocenters. The minimum absolute atomic E-state index is 0.103. The number of hydrogen-bond acceptors (Lipinski definition) is 4. The lowest BCUT2D eigenvalue weighted by molar-refractivity contribution is 0.714. The van der Waals surface area contributed by atoms with Crippen LogP contribution in [0.2, 0.25) is 0 Å². The lowest BCUT2D eigenvalue weighted by Gasteiger charge is -2.14. The van der Waals surface area contributed by atoms with Crippen molar-refractivity contribution >= 4 is 11.5 Å². The molecule has 0 aliphatic carbocycles. The van der Waals surface area contributed by atoms with Crippen molar-refractivity contribution in [1.29, 1.82) is 0 Å². The van der Waals surface area contributed by atoms with Crippen molar-refractivity contribution in [3.8, 4) is 0 Å². The quantitative estimate of drug-likeness (QED) is 0.793. The highest BCUT2D eigenvalue weighted by atomic mass is 15.3. The first-order valence-corrected chi connectivity index (χ1v) is 6.62. The second kappa shape index (κ2) is 4.63. The predicted octanol–water partition coefficient (Wildman–Crippen LogP) is 2.25. The van der Waals surface area contributed by atoms with E-state index in [1.165, 1.54) is 0 Å². The Kier molecular flexibility index (Phi) is 2.93. The van der Waals surface area contributed by atoms with Crippen LogP contribution in [0.25, 0.3) is 5.65 Å². The Morgan fingerprint density at radius 1 is 1.30 bits per heavy atom. The predicted molar refractivity (Wildman–Crippen MR) is 77.7 cm³/mol. The number of anilines is 1. The van der Waals surface area contributed by atoms with Crippen molar-refractivity contribution in [1.82, 2.24) is 24.4 Å². The maximum Gasteiger partial charge on any atom is 0.160 e. The van der Waals surface area contributed by atoms with Gasteiger partial charge in [-0.25, -0.2) is 4.98 Å². The molecule has 1 N–H and O–H groups in total. The second-order valence-corrected chi connectivity index (χ2v) is 5.13. The molecule has 0 saturated carbocycles. The van der Waals surface area contributed by atoms with Crippen LogP contribution in [0.1, 0.15) is 29.9 Å². The number of aryl methyl sites for hydroxylation is 3. The smallest absolute Gasteiger partial charge is 0.160 e. The van der Waals surface area contributed by atoms with Gasteiger partial charge in [-0.15, -0.1) is 0 Å². The summed E-state index contributed by atoms with van der Waals surface area (Å²) in [4.78, 5) is 4.52. The molecule has 6 heteroatoms. The van der Waals surface area contributed by atoms with Crippen molar-refractivity contribution in [2.75, 3.05) is 5.32 Å². The van der Waals surface area contributed by atoms with Crippen LogP contribution in [-0.2, 0) is 7.05 Å². The highest BCUT2D eigenvalue weighted by molar-refractivity contribution is 5.54. The molecule has 0 fully saturated rings. The van der Waals surface area contributed by atoms with Crippen molar-refractivity contribution in [2.24, 2.45) is 7.05 Å². The van der Waals surface area contributed by atoms with E-state index in [9.17, 15) is 0 Å². The molecule has 0 aliphatic rings. The SMILES string of the molecule is Cc1cc(NC(C)c2ccn(C)n2)n2ncc(C)c2n1. The minimum atomic E-state index is 0.103. The van der Waals surface area contributed by atoms with E-state index in [0.717, 1.165) is 28.4 Å². The summed E-state index contributed by atoms with van der Waals surface area (Å²) in [7, 11) is 1.92. The molecule has 3 heterocycles. The van der Waals surface area contributed by atoms with Crippen molar-refractivity contribution < 1.29 is 0 Å². The molecule has 0 saturated heterocycles. The number of fused-ring (bicyclic) bond motifs is 1.